The molecule has 88 valence electrons. The predicted molar refractivity (Wildman–Crippen MR) is 61.7 cm³/mol. The van der Waals surface area contributed by atoms with E-state index in [9.17, 15) is 4.79 Å². The smallest absolute Gasteiger partial charge is 0.234 e. The summed E-state index contributed by atoms with van der Waals surface area (Å²) in [7, 11) is 1.47. The minimum atomic E-state index is -0.133. The molecule has 6 heteroatoms. The van der Waals surface area contributed by atoms with Crippen molar-refractivity contribution in [2.45, 2.75) is 20.3 Å². The summed E-state index contributed by atoms with van der Waals surface area (Å²) in [6, 6.07) is 1.47. The Bertz CT molecular complexity index is 384. The summed E-state index contributed by atoms with van der Waals surface area (Å²) in [5.41, 5.74) is 0. The van der Waals surface area contributed by atoms with Crippen LogP contribution in [0.4, 0.5) is 5.95 Å². The first-order valence-electron chi connectivity index (χ1n) is 4.96. The second-order valence-electron chi connectivity index (χ2n) is 3.36. The summed E-state index contributed by atoms with van der Waals surface area (Å²) in [5, 5.41) is 2.81. The first kappa shape index (κ1) is 12.7. The number of anilines is 1. The van der Waals surface area contributed by atoms with Gasteiger partial charge in [-0.1, -0.05) is 25.4 Å². The van der Waals surface area contributed by atoms with Gasteiger partial charge in [-0.05, 0) is 6.42 Å². The average Bonchev–Trinajstić information content (AvgIpc) is 2.26. The number of carbonyl (C=O) groups is 1. The Balaban J connectivity index is 2.81. The molecule has 5 nitrogen and oxygen atoms in total. The number of carbonyl (C=O) groups excluding carboxylic acids is 1. The van der Waals surface area contributed by atoms with Gasteiger partial charge >= 0.3 is 0 Å². The van der Waals surface area contributed by atoms with Gasteiger partial charge < -0.3 is 4.74 Å². The summed E-state index contributed by atoms with van der Waals surface area (Å²) in [4.78, 5) is 19.4. The lowest BCUT2D eigenvalue weighted by Crippen LogP contribution is -2.21. The third-order valence-electron chi connectivity index (χ3n) is 2.18. The lowest BCUT2D eigenvalue weighted by molar-refractivity contribution is -0.119. The second kappa shape index (κ2) is 5.65. The fourth-order valence-corrected chi connectivity index (χ4v) is 1.15. The highest BCUT2D eigenvalue weighted by atomic mass is 35.5. The minimum Gasteiger partial charge on any atom is -0.481 e. The highest BCUT2D eigenvalue weighted by Gasteiger charge is 2.13. The molecule has 16 heavy (non-hydrogen) atoms. The number of rotatable bonds is 4. The average molecular weight is 244 g/mol. The monoisotopic (exact) mass is 243 g/mol. The van der Waals surface area contributed by atoms with Crippen molar-refractivity contribution in [1.82, 2.24) is 9.97 Å². The van der Waals surface area contributed by atoms with E-state index in [0.29, 0.717) is 5.88 Å². The molecular weight excluding hydrogens is 230 g/mol. The zero-order chi connectivity index (χ0) is 12.1. The van der Waals surface area contributed by atoms with E-state index in [4.69, 9.17) is 16.3 Å². The third kappa shape index (κ3) is 3.34. The van der Waals surface area contributed by atoms with Crippen molar-refractivity contribution in [3.63, 3.8) is 0 Å². The SMILES string of the molecule is CCC(C)C(=O)Nc1nc(Cl)cc(OC)n1. The zero-order valence-electron chi connectivity index (χ0n) is 9.45. The lowest BCUT2D eigenvalue weighted by Gasteiger charge is -2.09. The van der Waals surface area contributed by atoms with Gasteiger partial charge in [-0.25, -0.2) is 4.98 Å². The van der Waals surface area contributed by atoms with Crippen molar-refractivity contribution in [3.05, 3.63) is 11.2 Å². The Morgan fingerprint density at radius 3 is 2.88 bits per heavy atom. The first-order valence-corrected chi connectivity index (χ1v) is 5.34. The Hall–Kier alpha value is -1.36. The maximum Gasteiger partial charge on any atom is 0.234 e. The van der Waals surface area contributed by atoms with Crippen LogP contribution < -0.4 is 10.1 Å². The summed E-state index contributed by atoms with van der Waals surface area (Å²) in [6.07, 6.45) is 0.754. The van der Waals surface area contributed by atoms with Crippen LogP contribution in [0.2, 0.25) is 5.15 Å². The molecule has 0 saturated heterocycles. The molecule has 1 rings (SSSR count). The number of amides is 1. The van der Waals surface area contributed by atoms with Crippen LogP contribution in [0.3, 0.4) is 0 Å². The van der Waals surface area contributed by atoms with Gasteiger partial charge in [-0.3, -0.25) is 10.1 Å². The highest BCUT2D eigenvalue weighted by molar-refractivity contribution is 6.29. The van der Waals surface area contributed by atoms with Crippen LogP contribution in [0, 0.1) is 5.92 Å². The number of nitrogens with zero attached hydrogens (tertiary/aromatic N) is 2. The molecule has 1 N–H and O–H groups in total. The molecule has 0 radical (unpaired) electrons. The molecule has 0 fully saturated rings. The van der Waals surface area contributed by atoms with E-state index >= 15 is 0 Å². The van der Waals surface area contributed by atoms with Gasteiger partial charge in [-0.2, -0.15) is 4.98 Å². The van der Waals surface area contributed by atoms with Crippen LogP contribution in [0.5, 0.6) is 5.88 Å². The van der Waals surface area contributed by atoms with E-state index in [0.717, 1.165) is 6.42 Å². The van der Waals surface area contributed by atoms with Crippen molar-refractivity contribution < 1.29 is 9.53 Å². The van der Waals surface area contributed by atoms with E-state index < -0.39 is 0 Å². The van der Waals surface area contributed by atoms with Crippen molar-refractivity contribution in [2.24, 2.45) is 5.92 Å². The molecule has 1 atom stereocenters. The molecule has 1 unspecified atom stereocenters. The van der Waals surface area contributed by atoms with Crippen LogP contribution >= 0.6 is 11.6 Å². The normalized spacial score (nSPS) is 12.0. The van der Waals surface area contributed by atoms with Crippen molar-refractivity contribution in [1.29, 1.82) is 0 Å². The fourth-order valence-electron chi connectivity index (χ4n) is 0.976. The van der Waals surface area contributed by atoms with Crippen molar-refractivity contribution in [2.75, 3.05) is 12.4 Å². The van der Waals surface area contributed by atoms with Gasteiger partial charge in [0.15, 0.2) is 0 Å². The molecule has 0 aromatic carbocycles. The number of hydrogen-bond donors (Lipinski definition) is 1. The molecule has 0 aliphatic carbocycles. The standard InChI is InChI=1S/C10H14ClN3O2/c1-4-6(2)9(15)14-10-12-7(11)5-8(13-10)16-3/h5-6H,4H2,1-3H3,(H,12,13,14,15). The number of halogens is 1. The number of hydrogen-bond acceptors (Lipinski definition) is 4. The quantitative estimate of drug-likeness (QED) is 0.823. The van der Waals surface area contributed by atoms with Crippen LogP contribution in [-0.4, -0.2) is 23.0 Å². The van der Waals surface area contributed by atoms with Crippen molar-refractivity contribution in [3.8, 4) is 5.88 Å². The van der Waals surface area contributed by atoms with Gasteiger partial charge in [0.1, 0.15) is 5.15 Å². The van der Waals surface area contributed by atoms with E-state index in [-0.39, 0.29) is 22.9 Å². The molecule has 1 aromatic heterocycles. The third-order valence-corrected chi connectivity index (χ3v) is 2.37. The second-order valence-corrected chi connectivity index (χ2v) is 3.74. The number of ether oxygens (including phenoxy) is 1. The van der Waals surface area contributed by atoms with Gasteiger partial charge in [0, 0.05) is 12.0 Å². The summed E-state index contributed by atoms with van der Waals surface area (Å²) in [5.74, 6) is 0.259. The minimum absolute atomic E-state index is 0.0893. The topological polar surface area (TPSA) is 64.1 Å². The molecule has 0 saturated carbocycles. The Morgan fingerprint density at radius 2 is 2.31 bits per heavy atom. The van der Waals surface area contributed by atoms with Gasteiger partial charge in [0.05, 0.1) is 7.11 Å². The van der Waals surface area contributed by atoms with E-state index in [1.54, 1.807) is 0 Å². The van der Waals surface area contributed by atoms with Gasteiger partial charge in [0.25, 0.3) is 0 Å². The maximum atomic E-state index is 11.6. The fraction of sp³-hybridized carbons (Fsp3) is 0.500. The molecule has 0 bridgehead atoms. The molecular formula is C10H14ClN3O2. The van der Waals surface area contributed by atoms with E-state index in [1.807, 2.05) is 13.8 Å². The zero-order valence-corrected chi connectivity index (χ0v) is 10.2. The summed E-state index contributed by atoms with van der Waals surface area (Å²) < 4.78 is 4.92. The Kier molecular flexibility index (Phi) is 4.49. The molecule has 1 aromatic rings. The molecule has 0 aliphatic heterocycles. The number of nitrogens with one attached hydrogen (secondary N) is 1. The largest absolute Gasteiger partial charge is 0.481 e. The number of aromatic nitrogens is 2. The number of methoxy groups -OCH3 is 1. The predicted octanol–water partition coefficient (Wildman–Crippen LogP) is 2.12. The van der Waals surface area contributed by atoms with Crippen LogP contribution in [0.15, 0.2) is 6.07 Å². The van der Waals surface area contributed by atoms with E-state index in [1.165, 1.54) is 13.2 Å². The van der Waals surface area contributed by atoms with Crippen molar-refractivity contribution >= 4 is 23.5 Å². The first-order chi connectivity index (χ1) is 7.56. The molecule has 1 amide bonds. The van der Waals surface area contributed by atoms with Crippen LogP contribution in [0.1, 0.15) is 20.3 Å². The van der Waals surface area contributed by atoms with Crippen LogP contribution in [0.25, 0.3) is 0 Å². The molecule has 0 aliphatic rings. The Morgan fingerprint density at radius 1 is 1.62 bits per heavy atom. The van der Waals surface area contributed by atoms with E-state index in [2.05, 4.69) is 15.3 Å². The highest BCUT2D eigenvalue weighted by Crippen LogP contribution is 2.16. The van der Waals surface area contributed by atoms with Gasteiger partial charge in [0.2, 0.25) is 17.7 Å². The summed E-state index contributed by atoms with van der Waals surface area (Å²) in [6.45, 7) is 3.76. The van der Waals surface area contributed by atoms with Crippen LogP contribution in [-0.2, 0) is 4.79 Å². The van der Waals surface area contributed by atoms with Gasteiger partial charge in [-0.15, -0.1) is 0 Å². The Labute approximate surface area is 99.2 Å². The lowest BCUT2D eigenvalue weighted by atomic mass is 10.1. The molecule has 1 heterocycles. The maximum absolute atomic E-state index is 11.6. The molecule has 0 spiro atoms. The summed E-state index contributed by atoms with van der Waals surface area (Å²) >= 11 is 5.74.